The van der Waals surface area contributed by atoms with Gasteiger partial charge in [0.05, 0.1) is 6.04 Å². The van der Waals surface area contributed by atoms with Gasteiger partial charge in [-0.2, -0.15) is 0 Å². The van der Waals surface area contributed by atoms with Crippen molar-refractivity contribution in [2.24, 2.45) is 0 Å². The third-order valence-corrected chi connectivity index (χ3v) is 3.30. The number of hydrogen-bond donors (Lipinski definition) is 1. The fraction of sp³-hybridized carbons (Fsp3) is 0.900. The molecule has 0 bridgehead atoms. The Bertz CT molecular complexity index is 324. The molecule has 0 spiro atoms. The maximum absolute atomic E-state index is 4.13. The normalized spacial score (nSPS) is 26.8. The molecule has 2 heterocycles. The van der Waals surface area contributed by atoms with E-state index in [2.05, 4.69) is 20.8 Å². The van der Waals surface area contributed by atoms with Crippen LogP contribution in [0.2, 0.25) is 0 Å². The molecule has 1 unspecified atom stereocenters. The minimum absolute atomic E-state index is 0.585. The number of tetrazole rings is 1. The highest BCUT2D eigenvalue weighted by atomic mass is 15.6. The zero-order valence-electron chi connectivity index (χ0n) is 8.89. The smallest absolute Gasteiger partial charge is 0.153 e. The molecule has 82 valence electrons. The number of piperidine rings is 1. The second-order valence-electron chi connectivity index (χ2n) is 4.62. The van der Waals surface area contributed by atoms with Crippen LogP contribution >= 0.6 is 0 Å². The minimum Gasteiger partial charge on any atom is -0.314 e. The Morgan fingerprint density at radius 1 is 1.27 bits per heavy atom. The van der Waals surface area contributed by atoms with Gasteiger partial charge in [0, 0.05) is 12.5 Å². The number of nitrogens with one attached hydrogen (secondary N) is 1. The summed E-state index contributed by atoms with van der Waals surface area (Å²) in [5.41, 5.74) is 0. The first kappa shape index (κ1) is 9.27. The van der Waals surface area contributed by atoms with Crippen molar-refractivity contribution in [3.05, 3.63) is 5.82 Å². The highest BCUT2D eigenvalue weighted by Gasteiger charge is 2.28. The van der Waals surface area contributed by atoms with Crippen LogP contribution in [0, 0.1) is 0 Å². The van der Waals surface area contributed by atoms with Crippen molar-refractivity contribution >= 4 is 0 Å². The van der Waals surface area contributed by atoms with Crippen molar-refractivity contribution in [1.82, 2.24) is 25.5 Å². The third kappa shape index (κ3) is 2.02. The first-order chi connectivity index (χ1) is 7.43. The Morgan fingerprint density at radius 2 is 2.20 bits per heavy atom. The summed E-state index contributed by atoms with van der Waals surface area (Å²) in [5.74, 6) is 1.07. The minimum atomic E-state index is 0.585. The van der Waals surface area contributed by atoms with Crippen LogP contribution in [0.5, 0.6) is 0 Å². The molecule has 1 saturated heterocycles. The lowest BCUT2D eigenvalue weighted by atomic mass is 10.0. The van der Waals surface area contributed by atoms with Gasteiger partial charge < -0.3 is 5.32 Å². The van der Waals surface area contributed by atoms with Gasteiger partial charge >= 0.3 is 0 Å². The standard InChI is InChI=1S/C10H17N5/c1-2-6-11-8(3-1)7-10-12-13-14-15(10)9-4-5-9/h8-9,11H,1-7H2. The molecule has 0 aromatic carbocycles. The highest BCUT2D eigenvalue weighted by Crippen LogP contribution is 2.34. The lowest BCUT2D eigenvalue weighted by Crippen LogP contribution is -2.36. The van der Waals surface area contributed by atoms with Crippen molar-refractivity contribution in [3.8, 4) is 0 Å². The fourth-order valence-corrected chi connectivity index (χ4v) is 2.27. The number of nitrogens with zero attached hydrogens (tertiary/aromatic N) is 4. The average Bonchev–Trinajstić information content (AvgIpc) is 3.02. The van der Waals surface area contributed by atoms with Crippen molar-refractivity contribution < 1.29 is 0 Å². The van der Waals surface area contributed by atoms with E-state index in [1.807, 2.05) is 4.68 Å². The topological polar surface area (TPSA) is 55.6 Å². The third-order valence-electron chi connectivity index (χ3n) is 3.30. The molecular formula is C10H17N5. The molecule has 1 atom stereocenters. The van der Waals surface area contributed by atoms with Gasteiger partial charge in [0.15, 0.2) is 5.82 Å². The zero-order valence-corrected chi connectivity index (χ0v) is 8.89. The monoisotopic (exact) mass is 207 g/mol. The quantitative estimate of drug-likeness (QED) is 0.792. The van der Waals surface area contributed by atoms with Crippen LogP contribution in [-0.4, -0.2) is 32.8 Å². The van der Waals surface area contributed by atoms with Gasteiger partial charge in [-0.1, -0.05) is 6.42 Å². The second-order valence-corrected chi connectivity index (χ2v) is 4.62. The van der Waals surface area contributed by atoms with Gasteiger partial charge in [-0.25, -0.2) is 4.68 Å². The Kier molecular flexibility index (Phi) is 2.40. The van der Waals surface area contributed by atoms with Crippen LogP contribution in [0.25, 0.3) is 0 Å². The molecule has 1 aromatic rings. The van der Waals surface area contributed by atoms with Gasteiger partial charge in [-0.05, 0) is 42.7 Å². The molecule has 0 amide bonds. The molecule has 1 N–H and O–H groups in total. The van der Waals surface area contributed by atoms with E-state index in [0.29, 0.717) is 12.1 Å². The van der Waals surface area contributed by atoms with Crippen molar-refractivity contribution in [3.63, 3.8) is 0 Å². The lowest BCUT2D eigenvalue weighted by molar-refractivity contribution is 0.387. The maximum Gasteiger partial charge on any atom is 0.153 e. The molecule has 15 heavy (non-hydrogen) atoms. The molecule has 0 radical (unpaired) electrons. The Hall–Kier alpha value is -0.970. The average molecular weight is 207 g/mol. The van der Waals surface area contributed by atoms with Gasteiger partial charge in [-0.15, -0.1) is 5.10 Å². The predicted molar refractivity (Wildman–Crippen MR) is 55.4 cm³/mol. The van der Waals surface area contributed by atoms with E-state index in [4.69, 9.17) is 0 Å². The molecule has 2 fully saturated rings. The molecule has 3 rings (SSSR count). The van der Waals surface area contributed by atoms with Gasteiger partial charge in [-0.3, -0.25) is 0 Å². The van der Waals surface area contributed by atoms with Gasteiger partial charge in [0.2, 0.25) is 0 Å². The van der Waals surface area contributed by atoms with Gasteiger partial charge in [0.1, 0.15) is 0 Å². The van der Waals surface area contributed by atoms with Crippen LogP contribution in [0.15, 0.2) is 0 Å². The zero-order chi connectivity index (χ0) is 10.1. The van der Waals surface area contributed by atoms with Crippen LogP contribution in [0.4, 0.5) is 0 Å². The molecule has 1 saturated carbocycles. The van der Waals surface area contributed by atoms with E-state index in [1.165, 1.54) is 32.1 Å². The largest absolute Gasteiger partial charge is 0.314 e. The predicted octanol–water partition coefficient (Wildman–Crippen LogP) is 0.693. The lowest BCUT2D eigenvalue weighted by Gasteiger charge is -2.22. The molecule has 2 aliphatic rings. The van der Waals surface area contributed by atoms with E-state index in [0.717, 1.165) is 18.8 Å². The summed E-state index contributed by atoms with van der Waals surface area (Å²) >= 11 is 0. The highest BCUT2D eigenvalue weighted by molar-refractivity contribution is 4.94. The number of rotatable bonds is 3. The molecular weight excluding hydrogens is 190 g/mol. The van der Waals surface area contributed by atoms with Crippen LogP contribution in [0.3, 0.4) is 0 Å². The van der Waals surface area contributed by atoms with Crippen molar-refractivity contribution in [1.29, 1.82) is 0 Å². The first-order valence-electron chi connectivity index (χ1n) is 5.93. The Morgan fingerprint density at radius 3 is 2.93 bits per heavy atom. The van der Waals surface area contributed by atoms with Crippen molar-refractivity contribution in [2.45, 2.75) is 50.6 Å². The van der Waals surface area contributed by atoms with Crippen LogP contribution in [-0.2, 0) is 6.42 Å². The van der Waals surface area contributed by atoms with Crippen LogP contribution in [0.1, 0.15) is 44.0 Å². The van der Waals surface area contributed by atoms with Crippen molar-refractivity contribution in [2.75, 3.05) is 6.54 Å². The summed E-state index contributed by atoms with van der Waals surface area (Å²) < 4.78 is 2.02. The summed E-state index contributed by atoms with van der Waals surface area (Å²) in [6.45, 7) is 1.15. The summed E-state index contributed by atoms with van der Waals surface area (Å²) in [6.07, 6.45) is 7.39. The SMILES string of the molecule is C1CCC(Cc2nnnn2C2CC2)NC1. The first-order valence-corrected chi connectivity index (χ1v) is 5.93. The summed E-state index contributed by atoms with van der Waals surface area (Å²) in [4.78, 5) is 0. The molecule has 5 heteroatoms. The number of hydrogen-bond acceptors (Lipinski definition) is 4. The fourth-order valence-electron chi connectivity index (χ4n) is 2.27. The summed E-state index contributed by atoms with van der Waals surface area (Å²) in [5, 5.41) is 15.5. The van der Waals surface area contributed by atoms with Gasteiger partial charge in [0.25, 0.3) is 0 Å². The second kappa shape index (κ2) is 3.89. The van der Waals surface area contributed by atoms with E-state index in [-0.39, 0.29) is 0 Å². The Labute approximate surface area is 89.2 Å². The van der Waals surface area contributed by atoms with E-state index in [9.17, 15) is 0 Å². The van der Waals surface area contributed by atoms with E-state index >= 15 is 0 Å². The molecule has 5 nitrogen and oxygen atoms in total. The van der Waals surface area contributed by atoms with E-state index in [1.54, 1.807) is 0 Å². The van der Waals surface area contributed by atoms with Crippen LogP contribution < -0.4 is 5.32 Å². The maximum atomic E-state index is 4.13. The summed E-state index contributed by atoms with van der Waals surface area (Å²) in [7, 11) is 0. The number of aromatic nitrogens is 4. The molecule has 1 aliphatic carbocycles. The summed E-state index contributed by atoms with van der Waals surface area (Å²) in [6, 6.07) is 1.18. The Balaban J connectivity index is 1.67. The molecule has 1 aromatic heterocycles. The van der Waals surface area contributed by atoms with E-state index < -0.39 is 0 Å². The molecule has 1 aliphatic heterocycles.